The van der Waals surface area contributed by atoms with Crippen molar-refractivity contribution in [3.63, 3.8) is 0 Å². The summed E-state index contributed by atoms with van der Waals surface area (Å²) in [5.74, 6) is 1.51. The first-order chi connectivity index (χ1) is 7.04. The topological polar surface area (TPSA) is 46.3 Å². The Morgan fingerprint density at radius 2 is 1.93 bits per heavy atom. The van der Waals surface area contributed by atoms with E-state index in [2.05, 4.69) is 20.8 Å². The van der Waals surface area contributed by atoms with Gasteiger partial charge in [-0.25, -0.2) is 0 Å². The molecule has 88 valence electrons. The van der Waals surface area contributed by atoms with Crippen LogP contribution in [0, 0.1) is 11.8 Å². The van der Waals surface area contributed by atoms with Crippen molar-refractivity contribution >= 4 is 5.91 Å². The number of nitrogens with zero attached hydrogens (tertiary/aromatic N) is 1. The molecule has 3 heteroatoms. The maximum Gasteiger partial charge on any atom is 0.224 e. The maximum absolute atomic E-state index is 11.9. The summed E-state index contributed by atoms with van der Waals surface area (Å²) in [5, 5.41) is 0. The monoisotopic (exact) mass is 212 g/mol. The number of carbonyl (C=O) groups is 1. The molecule has 3 atom stereocenters. The van der Waals surface area contributed by atoms with Crippen LogP contribution in [0.4, 0.5) is 0 Å². The van der Waals surface area contributed by atoms with Gasteiger partial charge in [-0.2, -0.15) is 0 Å². The van der Waals surface area contributed by atoms with Crippen molar-refractivity contribution in [3.8, 4) is 0 Å². The lowest BCUT2D eigenvalue weighted by molar-refractivity contribution is -0.130. The smallest absolute Gasteiger partial charge is 0.224 e. The van der Waals surface area contributed by atoms with Gasteiger partial charge >= 0.3 is 0 Å². The molecule has 3 nitrogen and oxygen atoms in total. The molecule has 1 fully saturated rings. The van der Waals surface area contributed by atoms with Gasteiger partial charge in [0, 0.05) is 25.6 Å². The molecule has 1 saturated heterocycles. The summed E-state index contributed by atoms with van der Waals surface area (Å²) in [6.45, 7) is 8.36. The average molecular weight is 212 g/mol. The molecule has 0 aliphatic carbocycles. The van der Waals surface area contributed by atoms with E-state index in [0.29, 0.717) is 18.3 Å². The summed E-state index contributed by atoms with van der Waals surface area (Å²) in [7, 11) is 0. The maximum atomic E-state index is 11.9. The minimum atomic E-state index is 0.0497. The van der Waals surface area contributed by atoms with Crippen molar-refractivity contribution in [3.05, 3.63) is 0 Å². The molecule has 0 aromatic heterocycles. The zero-order valence-corrected chi connectivity index (χ0v) is 10.2. The predicted molar refractivity (Wildman–Crippen MR) is 62.4 cm³/mol. The summed E-state index contributed by atoms with van der Waals surface area (Å²) < 4.78 is 0. The molecule has 3 unspecified atom stereocenters. The lowest BCUT2D eigenvalue weighted by atomic mass is 10.0. The van der Waals surface area contributed by atoms with E-state index in [1.165, 1.54) is 0 Å². The summed E-state index contributed by atoms with van der Waals surface area (Å²) in [6, 6.07) is 0.0497. The minimum Gasteiger partial charge on any atom is -0.342 e. The van der Waals surface area contributed by atoms with Crippen LogP contribution in [0.3, 0.4) is 0 Å². The second kappa shape index (κ2) is 5.50. The number of rotatable bonds is 4. The van der Waals surface area contributed by atoms with Crippen LogP contribution in [0.25, 0.3) is 0 Å². The van der Waals surface area contributed by atoms with E-state index >= 15 is 0 Å². The van der Waals surface area contributed by atoms with Crippen molar-refractivity contribution in [2.45, 2.75) is 46.1 Å². The Balaban J connectivity index is 2.35. The summed E-state index contributed by atoms with van der Waals surface area (Å²) in [4.78, 5) is 13.8. The number of hydrogen-bond acceptors (Lipinski definition) is 2. The molecule has 0 aromatic rings. The molecule has 0 bridgehead atoms. The molecule has 1 aliphatic heterocycles. The molecule has 1 heterocycles. The Morgan fingerprint density at radius 3 is 2.40 bits per heavy atom. The fraction of sp³-hybridized carbons (Fsp3) is 0.917. The van der Waals surface area contributed by atoms with Gasteiger partial charge in [0.1, 0.15) is 0 Å². The number of likely N-dealkylation sites (tertiary alicyclic amines) is 1. The average Bonchev–Trinajstić information content (AvgIpc) is 2.47. The second-order valence-electron chi connectivity index (χ2n) is 5.01. The van der Waals surface area contributed by atoms with E-state index in [-0.39, 0.29) is 11.9 Å². The Kier molecular flexibility index (Phi) is 4.58. The normalized spacial score (nSPS) is 28.1. The van der Waals surface area contributed by atoms with Gasteiger partial charge in [0.2, 0.25) is 5.91 Å². The number of nitrogens with two attached hydrogens (primary N) is 1. The lowest BCUT2D eigenvalue weighted by Crippen LogP contribution is -2.34. The zero-order valence-electron chi connectivity index (χ0n) is 10.2. The molecule has 0 saturated carbocycles. The predicted octanol–water partition coefficient (Wildman–Crippen LogP) is 1.62. The summed E-state index contributed by atoms with van der Waals surface area (Å²) in [5.41, 5.74) is 5.87. The lowest BCUT2D eigenvalue weighted by Gasteiger charge is -2.18. The SMILES string of the molecule is CCCC(N)CC(=O)N1CC(C)C(C)C1. The van der Waals surface area contributed by atoms with Crippen molar-refractivity contribution in [2.75, 3.05) is 13.1 Å². The zero-order chi connectivity index (χ0) is 11.4. The summed E-state index contributed by atoms with van der Waals surface area (Å²) >= 11 is 0. The highest BCUT2D eigenvalue weighted by molar-refractivity contribution is 5.77. The molecule has 0 aromatic carbocycles. The van der Waals surface area contributed by atoms with Crippen LogP contribution in [-0.2, 0) is 4.79 Å². The van der Waals surface area contributed by atoms with Crippen LogP contribution in [0.5, 0.6) is 0 Å². The molecule has 1 amide bonds. The third kappa shape index (κ3) is 3.49. The Bertz CT molecular complexity index is 208. The number of hydrogen-bond donors (Lipinski definition) is 1. The van der Waals surface area contributed by atoms with Crippen LogP contribution in [0.1, 0.15) is 40.0 Å². The Labute approximate surface area is 93.0 Å². The molecule has 0 spiro atoms. The van der Waals surface area contributed by atoms with E-state index in [1.54, 1.807) is 0 Å². The van der Waals surface area contributed by atoms with Gasteiger partial charge in [0.25, 0.3) is 0 Å². The van der Waals surface area contributed by atoms with Gasteiger partial charge in [-0.15, -0.1) is 0 Å². The van der Waals surface area contributed by atoms with Gasteiger partial charge in [0.05, 0.1) is 0 Å². The van der Waals surface area contributed by atoms with Crippen molar-refractivity contribution in [2.24, 2.45) is 17.6 Å². The number of amides is 1. The van der Waals surface area contributed by atoms with Crippen LogP contribution >= 0.6 is 0 Å². The van der Waals surface area contributed by atoms with E-state index < -0.39 is 0 Å². The molecule has 2 N–H and O–H groups in total. The number of carbonyl (C=O) groups excluding carboxylic acids is 1. The van der Waals surface area contributed by atoms with E-state index in [0.717, 1.165) is 25.9 Å². The highest BCUT2D eigenvalue weighted by atomic mass is 16.2. The first-order valence-electron chi connectivity index (χ1n) is 6.08. The van der Waals surface area contributed by atoms with Crippen molar-refractivity contribution in [1.29, 1.82) is 0 Å². The highest BCUT2D eigenvalue weighted by Crippen LogP contribution is 2.22. The summed E-state index contributed by atoms with van der Waals surface area (Å²) in [6.07, 6.45) is 2.53. The van der Waals surface area contributed by atoms with E-state index in [9.17, 15) is 4.79 Å². The minimum absolute atomic E-state index is 0.0497. The highest BCUT2D eigenvalue weighted by Gasteiger charge is 2.29. The van der Waals surface area contributed by atoms with Crippen LogP contribution in [0.15, 0.2) is 0 Å². The Morgan fingerprint density at radius 1 is 1.40 bits per heavy atom. The molecular formula is C12H24N2O. The van der Waals surface area contributed by atoms with E-state index in [4.69, 9.17) is 5.73 Å². The fourth-order valence-corrected chi connectivity index (χ4v) is 2.16. The fourth-order valence-electron chi connectivity index (χ4n) is 2.16. The first-order valence-corrected chi connectivity index (χ1v) is 6.08. The van der Waals surface area contributed by atoms with Gasteiger partial charge in [-0.05, 0) is 18.3 Å². The van der Waals surface area contributed by atoms with Gasteiger partial charge < -0.3 is 10.6 Å². The van der Waals surface area contributed by atoms with Crippen LogP contribution < -0.4 is 5.73 Å². The van der Waals surface area contributed by atoms with E-state index in [1.807, 2.05) is 4.90 Å². The second-order valence-corrected chi connectivity index (χ2v) is 5.01. The Hall–Kier alpha value is -0.570. The van der Waals surface area contributed by atoms with Crippen LogP contribution in [-0.4, -0.2) is 29.9 Å². The first kappa shape index (κ1) is 12.5. The van der Waals surface area contributed by atoms with Gasteiger partial charge in [-0.1, -0.05) is 27.2 Å². The van der Waals surface area contributed by atoms with Crippen molar-refractivity contribution < 1.29 is 4.79 Å². The largest absolute Gasteiger partial charge is 0.342 e. The standard InChI is InChI=1S/C12H24N2O/c1-4-5-11(13)6-12(15)14-7-9(2)10(3)8-14/h9-11H,4-8,13H2,1-3H3. The molecule has 0 radical (unpaired) electrons. The van der Waals surface area contributed by atoms with Crippen LogP contribution in [0.2, 0.25) is 0 Å². The molecule has 15 heavy (non-hydrogen) atoms. The van der Waals surface area contributed by atoms with Gasteiger partial charge in [0.15, 0.2) is 0 Å². The molecule has 1 rings (SSSR count). The third-order valence-corrected chi connectivity index (χ3v) is 3.44. The molecule has 1 aliphatic rings. The van der Waals surface area contributed by atoms with Crippen molar-refractivity contribution in [1.82, 2.24) is 4.90 Å². The third-order valence-electron chi connectivity index (χ3n) is 3.44. The van der Waals surface area contributed by atoms with Gasteiger partial charge in [-0.3, -0.25) is 4.79 Å². The quantitative estimate of drug-likeness (QED) is 0.769. The molecular weight excluding hydrogens is 188 g/mol.